The van der Waals surface area contributed by atoms with Crippen LogP contribution in [0.5, 0.6) is 0 Å². The Morgan fingerprint density at radius 3 is 2.64 bits per heavy atom. The summed E-state index contributed by atoms with van der Waals surface area (Å²) in [6.07, 6.45) is 6.29. The van der Waals surface area contributed by atoms with Crippen LogP contribution >= 0.6 is 11.8 Å². The van der Waals surface area contributed by atoms with Crippen LogP contribution in [0.15, 0.2) is 40.0 Å². The zero-order chi connectivity index (χ0) is 23.7. The van der Waals surface area contributed by atoms with Crippen LogP contribution in [0.3, 0.4) is 0 Å². The van der Waals surface area contributed by atoms with E-state index in [4.69, 9.17) is 5.73 Å². The number of aromatic nitrogens is 2. The summed E-state index contributed by atoms with van der Waals surface area (Å²) in [5, 5.41) is 3.97. The fourth-order valence-corrected chi connectivity index (χ4v) is 6.04. The Bertz CT molecular complexity index is 1220. The van der Waals surface area contributed by atoms with Gasteiger partial charge >= 0.3 is 0 Å². The molecule has 0 aliphatic heterocycles. The Hall–Kier alpha value is -2.51. The lowest BCUT2D eigenvalue weighted by atomic mass is 9.82. The fourth-order valence-electron chi connectivity index (χ4n) is 5.33. The van der Waals surface area contributed by atoms with Crippen molar-refractivity contribution in [1.82, 2.24) is 14.9 Å². The topological polar surface area (TPSA) is 92.9 Å². The van der Waals surface area contributed by atoms with Gasteiger partial charge < -0.3 is 20.6 Å². The molecule has 2 aromatic heterocycles. The van der Waals surface area contributed by atoms with Crippen LogP contribution in [0.25, 0.3) is 10.9 Å². The van der Waals surface area contributed by atoms with Crippen molar-refractivity contribution in [3.8, 4) is 0 Å². The highest BCUT2D eigenvalue weighted by Crippen LogP contribution is 2.37. The average molecular weight is 467 g/mol. The third-order valence-corrected chi connectivity index (χ3v) is 7.97. The van der Waals surface area contributed by atoms with Crippen molar-refractivity contribution in [2.45, 2.75) is 70.0 Å². The summed E-state index contributed by atoms with van der Waals surface area (Å²) < 4.78 is 2.33. The van der Waals surface area contributed by atoms with E-state index >= 15 is 0 Å². The number of para-hydroxylation sites is 1. The SMILES string of the molecule is CSc1cc(C)[nH]c(=O)c1CNC(=O)c1c(C)n([C@H](C)C2CCC(N)CC2)c2ccccc12. The molecule has 1 atom stereocenters. The van der Waals surface area contributed by atoms with Crippen LogP contribution in [-0.4, -0.2) is 27.8 Å². The highest BCUT2D eigenvalue weighted by molar-refractivity contribution is 7.98. The van der Waals surface area contributed by atoms with Crippen LogP contribution in [0.1, 0.15) is 66.0 Å². The number of hydrogen-bond donors (Lipinski definition) is 3. The van der Waals surface area contributed by atoms with E-state index in [0.717, 1.165) is 52.9 Å². The van der Waals surface area contributed by atoms with Gasteiger partial charge in [-0.2, -0.15) is 0 Å². The Balaban J connectivity index is 1.65. The number of nitrogens with one attached hydrogen (secondary N) is 2. The number of hydrogen-bond acceptors (Lipinski definition) is 4. The molecular formula is C26H34N4O2S. The molecule has 7 heteroatoms. The largest absolute Gasteiger partial charge is 0.348 e. The summed E-state index contributed by atoms with van der Waals surface area (Å²) in [4.78, 5) is 29.7. The van der Waals surface area contributed by atoms with Gasteiger partial charge in [0.2, 0.25) is 0 Å². The zero-order valence-electron chi connectivity index (χ0n) is 19.9. The van der Waals surface area contributed by atoms with Crippen molar-refractivity contribution in [3.63, 3.8) is 0 Å². The third-order valence-electron chi connectivity index (χ3n) is 7.16. The minimum absolute atomic E-state index is 0.146. The van der Waals surface area contributed by atoms with E-state index in [2.05, 4.69) is 27.9 Å². The predicted molar refractivity (Wildman–Crippen MR) is 136 cm³/mol. The van der Waals surface area contributed by atoms with Crippen molar-refractivity contribution in [2.24, 2.45) is 11.7 Å². The molecule has 1 aliphatic carbocycles. The van der Waals surface area contributed by atoms with Crippen LogP contribution in [-0.2, 0) is 6.54 Å². The number of amides is 1. The van der Waals surface area contributed by atoms with Gasteiger partial charge in [0.25, 0.3) is 11.5 Å². The minimum atomic E-state index is -0.150. The lowest BCUT2D eigenvalue weighted by Gasteiger charge is -2.32. The molecule has 1 aliphatic rings. The number of fused-ring (bicyclic) bond motifs is 1. The standard InChI is InChI=1S/C26H34N4O2S/c1-15-13-23(33-4)21(25(31)29-15)14-28-26(32)24-17(3)30(22-8-6-5-7-20(22)24)16(2)18-9-11-19(27)12-10-18/h5-8,13,16,18-19H,9-12,14,27H2,1-4H3,(H,28,32)(H,29,31)/t16-,18?,19?/m1/s1. The molecule has 0 spiro atoms. The molecule has 1 aromatic carbocycles. The summed E-state index contributed by atoms with van der Waals surface area (Å²) in [7, 11) is 0. The maximum atomic E-state index is 13.4. The summed E-state index contributed by atoms with van der Waals surface area (Å²) >= 11 is 1.52. The van der Waals surface area contributed by atoms with E-state index in [1.54, 1.807) is 0 Å². The van der Waals surface area contributed by atoms with Gasteiger partial charge in [0.05, 0.1) is 5.56 Å². The van der Waals surface area contributed by atoms with Crippen molar-refractivity contribution in [3.05, 3.63) is 63.2 Å². The molecule has 4 rings (SSSR count). The fraction of sp³-hybridized carbons (Fsp3) is 0.462. The normalized spacial score (nSPS) is 19.5. The van der Waals surface area contributed by atoms with E-state index in [1.165, 1.54) is 11.8 Å². The Kier molecular flexibility index (Phi) is 7.00. The van der Waals surface area contributed by atoms with E-state index in [9.17, 15) is 9.59 Å². The number of nitrogens with two attached hydrogens (primary N) is 1. The highest BCUT2D eigenvalue weighted by atomic mass is 32.2. The number of H-pyrrole nitrogens is 1. The van der Waals surface area contributed by atoms with E-state index in [-0.39, 0.29) is 24.1 Å². The maximum Gasteiger partial charge on any atom is 0.254 e. The third kappa shape index (κ3) is 4.62. The second-order valence-electron chi connectivity index (χ2n) is 9.27. The molecule has 0 radical (unpaired) electrons. The smallest absolute Gasteiger partial charge is 0.254 e. The van der Waals surface area contributed by atoms with E-state index in [0.29, 0.717) is 23.1 Å². The number of pyridine rings is 1. The Morgan fingerprint density at radius 2 is 1.94 bits per heavy atom. The van der Waals surface area contributed by atoms with Crippen LogP contribution in [0.2, 0.25) is 0 Å². The Morgan fingerprint density at radius 1 is 1.24 bits per heavy atom. The first kappa shape index (κ1) is 23.6. The molecule has 176 valence electrons. The molecule has 1 saturated carbocycles. The lowest BCUT2D eigenvalue weighted by molar-refractivity contribution is 0.0951. The molecule has 0 saturated heterocycles. The molecule has 0 unspecified atom stereocenters. The molecule has 0 bridgehead atoms. The van der Waals surface area contributed by atoms with E-state index < -0.39 is 0 Å². The second-order valence-corrected chi connectivity index (χ2v) is 10.1. The number of carbonyl (C=O) groups excluding carboxylic acids is 1. The first-order valence-corrected chi connectivity index (χ1v) is 12.9. The van der Waals surface area contributed by atoms with Gasteiger partial charge in [-0.3, -0.25) is 9.59 Å². The highest BCUT2D eigenvalue weighted by Gasteiger charge is 2.29. The molecule has 6 nitrogen and oxygen atoms in total. The molecule has 3 aromatic rings. The summed E-state index contributed by atoms with van der Waals surface area (Å²) in [5.41, 5.74) is 10.1. The molecular weight excluding hydrogens is 432 g/mol. The molecule has 2 heterocycles. The van der Waals surface area contributed by atoms with Gasteiger partial charge in [0.15, 0.2) is 0 Å². The van der Waals surface area contributed by atoms with Gasteiger partial charge in [-0.15, -0.1) is 11.8 Å². The summed E-state index contributed by atoms with van der Waals surface area (Å²) in [6.45, 7) is 6.35. The lowest BCUT2D eigenvalue weighted by Crippen LogP contribution is -2.30. The number of thioether (sulfide) groups is 1. The van der Waals surface area contributed by atoms with Crippen molar-refractivity contribution in [1.29, 1.82) is 0 Å². The summed E-state index contributed by atoms with van der Waals surface area (Å²) in [6, 6.07) is 10.7. The number of carbonyl (C=O) groups is 1. The monoisotopic (exact) mass is 466 g/mol. The number of benzene rings is 1. The minimum Gasteiger partial charge on any atom is -0.348 e. The number of nitrogens with zero attached hydrogens (tertiary/aromatic N) is 1. The second kappa shape index (κ2) is 9.77. The maximum absolute atomic E-state index is 13.4. The van der Waals surface area contributed by atoms with E-state index in [1.807, 2.05) is 44.4 Å². The number of aryl methyl sites for hydroxylation is 1. The zero-order valence-corrected chi connectivity index (χ0v) is 20.7. The van der Waals surface area contributed by atoms with Crippen molar-refractivity contribution >= 4 is 28.6 Å². The quantitative estimate of drug-likeness (QED) is 0.460. The first-order valence-electron chi connectivity index (χ1n) is 11.7. The number of rotatable bonds is 6. The molecule has 1 fully saturated rings. The predicted octanol–water partition coefficient (Wildman–Crippen LogP) is 4.68. The van der Waals surface area contributed by atoms with Crippen molar-refractivity contribution in [2.75, 3.05) is 6.26 Å². The van der Waals surface area contributed by atoms with Crippen LogP contribution in [0.4, 0.5) is 0 Å². The van der Waals surface area contributed by atoms with Crippen molar-refractivity contribution < 1.29 is 4.79 Å². The first-order chi connectivity index (χ1) is 15.8. The van der Waals surface area contributed by atoms with Crippen LogP contribution < -0.4 is 16.6 Å². The molecule has 4 N–H and O–H groups in total. The average Bonchev–Trinajstić information content (AvgIpc) is 3.09. The van der Waals surface area contributed by atoms with Crippen LogP contribution in [0, 0.1) is 19.8 Å². The van der Waals surface area contributed by atoms with Gasteiger partial charge in [0.1, 0.15) is 0 Å². The van der Waals surface area contributed by atoms with Gasteiger partial charge in [-0.25, -0.2) is 0 Å². The molecule has 33 heavy (non-hydrogen) atoms. The summed E-state index contributed by atoms with van der Waals surface area (Å²) in [5.74, 6) is 0.401. The van der Waals surface area contributed by atoms with Gasteiger partial charge in [0, 0.05) is 51.4 Å². The van der Waals surface area contributed by atoms with Gasteiger partial charge in [-0.05, 0) is 70.8 Å². The number of aromatic amines is 1. The Labute approximate surface area is 199 Å². The van der Waals surface area contributed by atoms with Gasteiger partial charge in [-0.1, -0.05) is 18.2 Å². The molecule has 1 amide bonds.